The molecule has 0 bridgehead atoms. The zero-order valence-corrected chi connectivity index (χ0v) is 23.6. The van der Waals surface area contributed by atoms with Crippen LogP contribution >= 0.6 is 0 Å². The molecule has 250 valence electrons. The fourth-order valence-electron chi connectivity index (χ4n) is 7.24. The van der Waals surface area contributed by atoms with Crippen molar-refractivity contribution in [3.05, 3.63) is 0 Å². The fraction of sp³-hybridized carbons (Fsp3) is 1.00. The van der Waals surface area contributed by atoms with E-state index in [0.29, 0.717) is 19.3 Å². The SMILES string of the molecule is OC[C@H]1O[C@H](OC[C@H]2O[C@H](OC3CC4C(O)CC(O)CC4[OH+]C3C3CCC(O)C(O)C3)[C@H](O)[C@@H](O)[C@@H]2O)[C@H](O)[C@@H](O)[C@@H]1O. The lowest BCUT2D eigenvalue weighted by Gasteiger charge is -2.48. The van der Waals surface area contributed by atoms with E-state index in [9.17, 15) is 56.2 Å². The summed E-state index contributed by atoms with van der Waals surface area (Å²) in [5, 5.41) is 113. The van der Waals surface area contributed by atoms with E-state index in [1.165, 1.54) is 0 Å². The predicted molar refractivity (Wildman–Crippen MR) is 140 cm³/mol. The molecular formula is C27H47O16+. The normalized spacial score (nSPS) is 54.6. The van der Waals surface area contributed by atoms with Gasteiger partial charge in [0.05, 0.1) is 43.5 Å². The van der Waals surface area contributed by atoms with Crippen molar-refractivity contribution in [2.75, 3.05) is 13.2 Å². The summed E-state index contributed by atoms with van der Waals surface area (Å²) in [6.07, 6.45) is -18.8. The van der Waals surface area contributed by atoms with Gasteiger partial charge in [0.25, 0.3) is 0 Å². The average Bonchev–Trinajstić information content (AvgIpc) is 2.97. The minimum absolute atomic E-state index is 0.174. The monoisotopic (exact) mass is 627 g/mol. The highest BCUT2D eigenvalue weighted by atomic mass is 16.7. The van der Waals surface area contributed by atoms with E-state index in [4.69, 9.17) is 23.7 Å². The summed E-state index contributed by atoms with van der Waals surface area (Å²) in [7, 11) is 0. The predicted octanol–water partition coefficient (Wildman–Crippen LogP) is -5.68. The van der Waals surface area contributed by atoms with Gasteiger partial charge in [-0.25, -0.2) is 0 Å². The second kappa shape index (κ2) is 14.0. The molecule has 5 rings (SSSR count). The Morgan fingerprint density at radius 2 is 1.28 bits per heavy atom. The molecule has 0 aromatic carbocycles. The highest BCUT2D eigenvalue weighted by molar-refractivity contribution is 4.98. The number of hydrogen-bond donors (Lipinski definition) is 11. The number of hydrogen-bond acceptors (Lipinski definition) is 15. The molecule has 0 radical (unpaired) electrons. The maximum atomic E-state index is 10.8. The minimum atomic E-state index is -1.74. The molecule has 9 unspecified atom stereocenters. The van der Waals surface area contributed by atoms with Crippen LogP contribution in [0.25, 0.3) is 0 Å². The summed E-state index contributed by atoms with van der Waals surface area (Å²) in [6.45, 7) is -1.19. The minimum Gasteiger partial charge on any atom is -0.427 e. The molecule has 12 N–H and O–H groups in total. The highest BCUT2D eigenvalue weighted by Gasteiger charge is 2.55. The van der Waals surface area contributed by atoms with Crippen LogP contribution in [0, 0.1) is 11.8 Å². The molecule has 2 aliphatic carbocycles. The summed E-state index contributed by atoms with van der Waals surface area (Å²) in [5.74, 6) is -0.576. The summed E-state index contributed by atoms with van der Waals surface area (Å²) in [4.78, 5) is 0. The third-order valence-corrected chi connectivity index (χ3v) is 9.82. The molecular weight excluding hydrogens is 580 g/mol. The average molecular weight is 628 g/mol. The summed E-state index contributed by atoms with van der Waals surface area (Å²) in [5.41, 5.74) is 0. The Balaban J connectivity index is 1.29. The Morgan fingerprint density at radius 3 is 1.95 bits per heavy atom. The van der Waals surface area contributed by atoms with Gasteiger partial charge in [0.2, 0.25) is 0 Å². The van der Waals surface area contributed by atoms with E-state index in [2.05, 4.69) is 0 Å². The summed E-state index contributed by atoms with van der Waals surface area (Å²) >= 11 is 0. The molecule has 0 aromatic rings. The van der Waals surface area contributed by atoms with Gasteiger partial charge in [0.1, 0.15) is 54.9 Å². The first-order valence-electron chi connectivity index (χ1n) is 15.1. The second-order valence-corrected chi connectivity index (χ2v) is 12.7. The summed E-state index contributed by atoms with van der Waals surface area (Å²) < 4.78 is 27.8. The van der Waals surface area contributed by atoms with E-state index in [1.807, 2.05) is 0 Å². The number of ether oxygens (including phenoxy) is 5. The van der Waals surface area contributed by atoms with E-state index >= 15 is 0 Å². The summed E-state index contributed by atoms with van der Waals surface area (Å²) in [6, 6.07) is 0. The van der Waals surface area contributed by atoms with Gasteiger partial charge in [-0.3, -0.25) is 0 Å². The second-order valence-electron chi connectivity index (χ2n) is 12.7. The van der Waals surface area contributed by atoms with Crippen molar-refractivity contribution in [1.82, 2.24) is 0 Å². The van der Waals surface area contributed by atoms with Gasteiger partial charge >= 0.3 is 0 Å². The number of fused-ring (bicyclic) bond motifs is 1. The molecule has 19 atom stereocenters. The van der Waals surface area contributed by atoms with Gasteiger partial charge in [0.15, 0.2) is 24.8 Å². The molecule has 0 amide bonds. The Hall–Kier alpha value is -0.640. The molecule has 3 heterocycles. The van der Waals surface area contributed by atoms with E-state index in [0.717, 1.165) is 0 Å². The van der Waals surface area contributed by atoms with Crippen molar-refractivity contribution in [2.45, 2.75) is 143 Å². The van der Waals surface area contributed by atoms with Crippen LogP contribution in [0.2, 0.25) is 0 Å². The van der Waals surface area contributed by atoms with Gasteiger partial charge in [-0.2, -0.15) is 0 Å². The van der Waals surface area contributed by atoms with Crippen LogP contribution in [0.3, 0.4) is 0 Å². The molecule has 5 aliphatic rings. The largest absolute Gasteiger partial charge is 0.427 e. The van der Waals surface area contributed by atoms with Crippen molar-refractivity contribution in [2.24, 2.45) is 11.8 Å². The van der Waals surface area contributed by atoms with Gasteiger partial charge < -0.3 is 79.9 Å². The Morgan fingerprint density at radius 1 is 0.628 bits per heavy atom. The Kier molecular flexibility index (Phi) is 11.0. The molecule has 16 heteroatoms. The van der Waals surface area contributed by atoms with Crippen LogP contribution in [-0.4, -0.2) is 178 Å². The van der Waals surface area contributed by atoms with Crippen molar-refractivity contribution in [3.63, 3.8) is 0 Å². The molecule has 0 aromatic heterocycles. The third kappa shape index (κ3) is 7.05. The Labute approximate surface area is 248 Å². The molecule has 2 saturated carbocycles. The van der Waals surface area contributed by atoms with E-state index < -0.39 is 111 Å². The Bertz CT molecular complexity index is 897. The number of aliphatic hydroxyl groups is 13. The molecule has 16 nitrogen and oxygen atoms in total. The van der Waals surface area contributed by atoms with E-state index in [-0.39, 0.29) is 37.2 Å². The zero-order valence-electron chi connectivity index (χ0n) is 23.6. The highest BCUT2D eigenvalue weighted by Crippen LogP contribution is 2.42. The van der Waals surface area contributed by atoms with Gasteiger partial charge in [-0.05, 0) is 25.7 Å². The number of rotatable bonds is 7. The topological polar surface area (TPSA) is 272 Å². The van der Waals surface area contributed by atoms with Gasteiger partial charge in [-0.1, -0.05) is 0 Å². The number of aliphatic hydroxyl groups excluding tert-OH is 11. The molecule has 5 fully saturated rings. The van der Waals surface area contributed by atoms with Crippen LogP contribution in [0.4, 0.5) is 0 Å². The van der Waals surface area contributed by atoms with Crippen molar-refractivity contribution in [1.29, 1.82) is 0 Å². The van der Waals surface area contributed by atoms with Gasteiger partial charge in [0, 0.05) is 18.8 Å². The van der Waals surface area contributed by atoms with Crippen molar-refractivity contribution < 1.29 is 79.9 Å². The van der Waals surface area contributed by atoms with Crippen molar-refractivity contribution in [3.8, 4) is 0 Å². The fourth-order valence-corrected chi connectivity index (χ4v) is 7.24. The van der Waals surface area contributed by atoms with E-state index in [1.54, 1.807) is 0 Å². The van der Waals surface area contributed by atoms with Crippen LogP contribution in [0.15, 0.2) is 0 Å². The van der Waals surface area contributed by atoms with Crippen LogP contribution in [0.1, 0.15) is 38.5 Å². The lowest BCUT2D eigenvalue weighted by atomic mass is 9.72. The smallest absolute Gasteiger partial charge is 0.187 e. The van der Waals surface area contributed by atoms with Crippen LogP contribution in [0.5, 0.6) is 0 Å². The maximum absolute atomic E-state index is 10.8. The third-order valence-electron chi connectivity index (χ3n) is 9.82. The standard InChI is InChI=1S/C27H46O16/c28-7-17-19(33)21(35)23(37)26(42-17)39-8-18-20(34)22(36)24(38)27(43-18)41-16-6-11-13(31)4-10(29)5-15(11)40-25(16)9-1-2-12(30)14(32)3-9/h9-38H,1-8H2/p+1/t9?,10?,11?,12?,13?,14?,15?,16?,17-,18-,19-,20-,21+,22+,23-,24-,25?,26+,27+/m1/s1. The lowest BCUT2D eigenvalue weighted by molar-refractivity contribution is -0.362. The zero-order chi connectivity index (χ0) is 31.2. The first kappa shape index (κ1) is 33.7. The lowest BCUT2D eigenvalue weighted by Crippen LogP contribution is -2.63. The van der Waals surface area contributed by atoms with Crippen LogP contribution < -0.4 is 0 Å². The molecule has 0 spiro atoms. The molecule has 3 aliphatic heterocycles. The molecule has 3 saturated heterocycles. The first-order chi connectivity index (χ1) is 20.4. The molecule has 43 heavy (non-hydrogen) atoms. The van der Waals surface area contributed by atoms with Crippen molar-refractivity contribution >= 4 is 0 Å². The van der Waals surface area contributed by atoms with Crippen LogP contribution in [-0.2, 0) is 18.9 Å². The quantitative estimate of drug-likeness (QED) is 0.117. The maximum Gasteiger partial charge on any atom is 0.187 e. The first-order valence-corrected chi connectivity index (χ1v) is 15.1. The van der Waals surface area contributed by atoms with Gasteiger partial charge in [-0.15, -0.1) is 0 Å².